The van der Waals surface area contributed by atoms with Gasteiger partial charge >= 0.3 is 0 Å². The molecule has 1 N–H and O–H groups in total. The number of benzene rings is 1. The van der Waals surface area contributed by atoms with Crippen LogP contribution >= 0.6 is 0 Å². The van der Waals surface area contributed by atoms with E-state index in [2.05, 4.69) is 17.4 Å². The van der Waals surface area contributed by atoms with Crippen LogP contribution in [0.2, 0.25) is 0 Å². The van der Waals surface area contributed by atoms with E-state index >= 15 is 0 Å². The first-order valence-corrected chi connectivity index (χ1v) is 8.42. The molecule has 0 radical (unpaired) electrons. The molecule has 3 rings (SSSR count). The van der Waals surface area contributed by atoms with Crippen LogP contribution in [0.5, 0.6) is 5.75 Å². The number of carbonyl (C=O) groups is 1. The van der Waals surface area contributed by atoms with Crippen molar-refractivity contribution >= 4 is 5.91 Å². The minimum atomic E-state index is 0.228. The van der Waals surface area contributed by atoms with Gasteiger partial charge in [0.15, 0.2) is 0 Å². The molecule has 0 unspecified atom stereocenters. The average molecular weight is 328 g/mol. The zero-order chi connectivity index (χ0) is 16.8. The highest BCUT2D eigenvalue weighted by Crippen LogP contribution is 2.23. The monoisotopic (exact) mass is 328 g/mol. The topological polar surface area (TPSA) is 54.7 Å². The summed E-state index contributed by atoms with van der Waals surface area (Å²) in [6.45, 7) is 2.29. The Morgan fingerprint density at radius 2 is 2.12 bits per heavy atom. The fourth-order valence-electron chi connectivity index (χ4n) is 3.13. The molecule has 1 amide bonds. The number of hydrogen-bond acceptors (Lipinski definition) is 4. The first kappa shape index (κ1) is 16.6. The number of ether oxygens (including phenoxy) is 1. The third kappa shape index (κ3) is 4.17. The molecule has 0 bridgehead atoms. The molecule has 1 saturated heterocycles. The quantitative estimate of drug-likeness (QED) is 0.757. The van der Waals surface area contributed by atoms with Crippen LogP contribution in [0.4, 0.5) is 0 Å². The van der Waals surface area contributed by atoms with Gasteiger partial charge in [-0.3, -0.25) is 4.79 Å². The fraction of sp³-hybridized carbons (Fsp3) is 0.421. The molecule has 1 aromatic carbocycles. The van der Waals surface area contributed by atoms with Gasteiger partial charge in [-0.25, -0.2) is 0 Å². The van der Waals surface area contributed by atoms with Crippen LogP contribution in [-0.2, 0) is 17.9 Å². The van der Waals surface area contributed by atoms with Crippen LogP contribution in [-0.4, -0.2) is 30.5 Å². The number of hydrogen-bond donors (Lipinski definition) is 1. The van der Waals surface area contributed by atoms with E-state index in [1.54, 1.807) is 13.4 Å². The van der Waals surface area contributed by atoms with Crippen molar-refractivity contribution in [1.29, 1.82) is 0 Å². The molecule has 1 aromatic heterocycles. The predicted octanol–water partition coefficient (Wildman–Crippen LogP) is 2.96. The molecule has 0 aliphatic carbocycles. The molecule has 0 saturated carbocycles. The Morgan fingerprint density at radius 1 is 1.29 bits per heavy atom. The summed E-state index contributed by atoms with van der Waals surface area (Å²) >= 11 is 0. The lowest BCUT2D eigenvalue weighted by molar-refractivity contribution is -0.129. The molecule has 2 heterocycles. The second-order valence-corrected chi connectivity index (χ2v) is 6.11. The Balaban J connectivity index is 1.44. The first-order chi connectivity index (χ1) is 11.8. The van der Waals surface area contributed by atoms with E-state index in [0.717, 1.165) is 37.4 Å². The molecule has 0 spiro atoms. The van der Waals surface area contributed by atoms with E-state index in [-0.39, 0.29) is 5.91 Å². The molecule has 1 fully saturated rings. The number of amides is 1. The predicted molar refractivity (Wildman–Crippen MR) is 91.6 cm³/mol. The van der Waals surface area contributed by atoms with Crippen molar-refractivity contribution in [2.24, 2.45) is 0 Å². The SMILES string of the molecule is COc1ccc(CNCC[C@H]2CCC(=O)N2Cc2ccco2)cc1. The highest BCUT2D eigenvalue weighted by atomic mass is 16.5. The van der Waals surface area contributed by atoms with Crippen molar-refractivity contribution in [2.75, 3.05) is 13.7 Å². The van der Waals surface area contributed by atoms with E-state index in [9.17, 15) is 4.79 Å². The van der Waals surface area contributed by atoms with Crippen molar-refractivity contribution in [2.45, 2.75) is 38.4 Å². The highest BCUT2D eigenvalue weighted by Gasteiger charge is 2.30. The Labute approximate surface area is 142 Å². The van der Waals surface area contributed by atoms with Gasteiger partial charge in [0.25, 0.3) is 0 Å². The summed E-state index contributed by atoms with van der Waals surface area (Å²) in [6, 6.07) is 12.1. The van der Waals surface area contributed by atoms with Crippen LogP contribution < -0.4 is 10.1 Å². The van der Waals surface area contributed by atoms with Gasteiger partial charge in [-0.05, 0) is 49.2 Å². The molecule has 5 nitrogen and oxygen atoms in total. The second kappa shape index (κ2) is 8.02. The largest absolute Gasteiger partial charge is 0.497 e. The lowest BCUT2D eigenvalue weighted by atomic mass is 10.1. The van der Waals surface area contributed by atoms with Gasteiger partial charge in [0.05, 0.1) is 19.9 Å². The third-order valence-corrected chi connectivity index (χ3v) is 4.50. The molecular formula is C19H24N2O3. The summed E-state index contributed by atoms with van der Waals surface area (Å²) in [6.07, 6.45) is 4.19. The van der Waals surface area contributed by atoms with E-state index < -0.39 is 0 Å². The summed E-state index contributed by atoms with van der Waals surface area (Å²) in [7, 11) is 1.67. The Morgan fingerprint density at radius 3 is 2.83 bits per heavy atom. The second-order valence-electron chi connectivity index (χ2n) is 6.11. The summed E-state index contributed by atoms with van der Waals surface area (Å²) in [5.74, 6) is 1.95. The minimum Gasteiger partial charge on any atom is -0.497 e. The standard InChI is InChI=1S/C19H24N2O3/c1-23-17-7-4-15(5-8-17)13-20-11-10-16-6-9-19(22)21(16)14-18-3-2-12-24-18/h2-5,7-8,12,16,20H,6,9-11,13-14H2,1H3/t16-/m1/s1. The van der Waals surface area contributed by atoms with Crippen LogP contribution in [0.1, 0.15) is 30.6 Å². The van der Waals surface area contributed by atoms with Crippen molar-refractivity contribution in [3.05, 3.63) is 54.0 Å². The number of methoxy groups -OCH3 is 1. The van der Waals surface area contributed by atoms with Crippen LogP contribution in [0.3, 0.4) is 0 Å². The summed E-state index contributed by atoms with van der Waals surface area (Å²) < 4.78 is 10.5. The lowest BCUT2D eigenvalue weighted by Gasteiger charge is -2.24. The molecular weight excluding hydrogens is 304 g/mol. The molecule has 128 valence electrons. The summed E-state index contributed by atoms with van der Waals surface area (Å²) in [5.41, 5.74) is 1.23. The number of furan rings is 1. The Bertz CT molecular complexity index is 637. The lowest BCUT2D eigenvalue weighted by Crippen LogP contribution is -2.34. The van der Waals surface area contributed by atoms with Crippen LogP contribution in [0.15, 0.2) is 47.1 Å². The number of carbonyl (C=O) groups excluding carboxylic acids is 1. The smallest absolute Gasteiger partial charge is 0.223 e. The molecule has 24 heavy (non-hydrogen) atoms. The number of rotatable bonds is 8. The normalized spacial score (nSPS) is 17.5. The third-order valence-electron chi connectivity index (χ3n) is 4.50. The molecule has 5 heteroatoms. The average Bonchev–Trinajstić information content (AvgIpc) is 3.24. The Hall–Kier alpha value is -2.27. The minimum absolute atomic E-state index is 0.228. The maximum absolute atomic E-state index is 12.1. The van der Waals surface area contributed by atoms with Crippen LogP contribution in [0.25, 0.3) is 0 Å². The van der Waals surface area contributed by atoms with Gasteiger partial charge in [-0.15, -0.1) is 0 Å². The van der Waals surface area contributed by atoms with Gasteiger partial charge in [-0.1, -0.05) is 12.1 Å². The van der Waals surface area contributed by atoms with E-state index in [4.69, 9.17) is 9.15 Å². The van der Waals surface area contributed by atoms with Gasteiger partial charge in [-0.2, -0.15) is 0 Å². The maximum atomic E-state index is 12.1. The summed E-state index contributed by atoms with van der Waals surface area (Å²) in [4.78, 5) is 14.0. The number of nitrogens with one attached hydrogen (secondary N) is 1. The van der Waals surface area contributed by atoms with Gasteiger partial charge in [0, 0.05) is 19.0 Å². The van der Waals surface area contributed by atoms with Crippen molar-refractivity contribution < 1.29 is 13.9 Å². The number of likely N-dealkylation sites (tertiary alicyclic amines) is 1. The number of nitrogens with zero attached hydrogens (tertiary/aromatic N) is 1. The van der Waals surface area contributed by atoms with Gasteiger partial charge in [0.1, 0.15) is 11.5 Å². The molecule has 1 atom stereocenters. The molecule has 1 aliphatic rings. The highest BCUT2D eigenvalue weighted by molar-refractivity contribution is 5.78. The van der Waals surface area contributed by atoms with Crippen LogP contribution in [0, 0.1) is 0 Å². The Kier molecular flexibility index (Phi) is 5.54. The van der Waals surface area contributed by atoms with E-state index in [1.165, 1.54) is 5.56 Å². The van der Waals surface area contributed by atoms with Gasteiger partial charge < -0.3 is 19.4 Å². The van der Waals surface area contributed by atoms with E-state index in [1.807, 2.05) is 29.2 Å². The molecule has 2 aromatic rings. The maximum Gasteiger partial charge on any atom is 0.223 e. The summed E-state index contributed by atoms with van der Waals surface area (Å²) in [5, 5.41) is 3.46. The van der Waals surface area contributed by atoms with E-state index in [0.29, 0.717) is 19.0 Å². The zero-order valence-electron chi connectivity index (χ0n) is 14.0. The van der Waals surface area contributed by atoms with Gasteiger partial charge in [0.2, 0.25) is 5.91 Å². The fourth-order valence-corrected chi connectivity index (χ4v) is 3.13. The molecule has 1 aliphatic heterocycles. The zero-order valence-corrected chi connectivity index (χ0v) is 14.0. The first-order valence-electron chi connectivity index (χ1n) is 8.42. The van der Waals surface area contributed by atoms with Crippen molar-refractivity contribution in [1.82, 2.24) is 10.2 Å². The van der Waals surface area contributed by atoms with Crippen molar-refractivity contribution in [3.63, 3.8) is 0 Å². The van der Waals surface area contributed by atoms with Crippen molar-refractivity contribution in [3.8, 4) is 5.75 Å².